The van der Waals surface area contributed by atoms with Gasteiger partial charge in [0, 0.05) is 6.08 Å². The molecule has 0 unspecified atom stereocenters. The van der Waals surface area contributed by atoms with Gasteiger partial charge in [-0.05, 0) is 47.4 Å². The second-order valence-corrected chi connectivity index (χ2v) is 6.00. The summed E-state index contributed by atoms with van der Waals surface area (Å²) in [5.41, 5.74) is 1.99. The van der Waals surface area contributed by atoms with E-state index in [1.54, 1.807) is 25.3 Å². The van der Waals surface area contributed by atoms with Crippen LogP contribution in [-0.4, -0.2) is 31.4 Å². The van der Waals surface area contributed by atoms with Crippen molar-refractivity contribution < 1.29 is 24.1 Å². The zero-order valence-corrected chi connectivity index (χ0v) is 15.3. The van der Waals surface area contributed by atoms with Crippen molar-refractivity contribution in [1.29, 1.82) is 0 Å². The molecule has 2 aromatic carbocycles. The quantitative estimate of drug-likeness (QED) is 0.534. The van der Waals surface area contributed by atoms with Crippen molar-refractivity contribution in [3.05, 3.63) is 59.7 Å². The highest BCUT2D eigenvalue weighted by molar-refractivity contribution is 5.85. The molecule has 0 saturated carbocycles. The standard InChI is InChI=1S/C21H24O5/c1-15(2)17-6-8-18(9-7-17)25-12-13-26-19-10-4-16(5-11-21(22)23)14-20(19)24-3/h4-11,14-15H,12-13H2,1-3H3,(H,22,23). The van der Waals surface area contributed by atoms with Crippen LogP contribution in [-0.2, 0) is 4.79 Å². The Balaban J connectivity index is 1.87. The Bertz CT molecular complexity index is 747. The van der Waals surface area contributed by atoms with Gasteiger partial charge < -0.3 is 19.3 Å². The SMILES string of the molecule is COc1cc(C=CC(=O)O)ccc1OCCOc1ccc(C(C)C)cc1. The minimum Gasteiger partial charge on any atom is -0.493 e. The lowest BCUT2D eigenvalue weighted by Gasteiger charge is -2.12. The van der Waals surface area contributed by atoms with Gasteiger partial charge in [0.15, 0.2) is 11.5 Å². The van der Waals surface area contributed by atoms with Crippen molar-refractivity contribution >= 4 is 12.0 Å². The number of ether oxygens (including phenoxy) is 3. The van der Waals surface area contributed by atoms with Crippen LogP contribution in [0.2, 0.25) is 0 Å². The number of hydrogen-bond donors (Lipinski definition) is 1. The van der Waals surface area contributed by atoms with E-state index in [0.29, 0.717) is 30.6 Å². The van der Waals surface area contributed by atoms with E-state index < -0.39 is 5.97 Å². The summed E-state index contributed by atoms with van der Waals surface area (Å²) in [6.45, 7) is 5.08. The van der Waals surface area contributed by atoms with Crippen LogP contribution < -0.4 is 14.2 Å². The summed E-state index contributed by atoms with van der Waals surface area (Å²) in [6.07, 6.45) is 2.58. The topological polar surface area (TPSA) is 65.0 Å². The number of aliphatic carboxylic acids is 1. The molecule has 0 spiro atoms. The second-order valence-electron chi connectivity index (χ2n) is 6.00. The molecule has 0 atom stereocenters. The van der Waals surface area contributed by atoms with E-state index in [0.717, 1.165) is 17.4 Å². The van der Waals surface area contributed by atoms with Gasteiger partial charge in [0.05, 0.1) is 7.11 Å². The van der Waals surface area contributed by atoms with Gasteiger partial charge >= 0.3 is 5.97 Å². The van der Waals surface area contributed by atoms with Gasteiger partial charge in [-0.1, -0.05) is 32.0 Å². The Morgan fingerprint density at radius 3 is 2.35 bits per heavy atom. The number of carboxylic acid groups (broad SMARTS) is 1. The lowest BCUT2D eigenvalue weighted by Crippen LogP contribution is -2.09. The Kier molecular flexibility index (Phi) is 7.09. The maximum absolute atomic E-state index is 10.6. The molecule has 0 bridgehead atoms. The summed E-state index contributed by atoms with van der Waals surface area (Å²) < 4.78 is 16.7. The van der Waals surface area contributed by atoms with Gasteiger partial charge in [-0.15, -0.1) is 0 Å². The highest BCUT2D eigenvalue weighted by atomic mass is 16.5. The first-order valence-electron chi connectivity index (χ1n) is 8.44. The van der Waals surface area contributed by atoms with Crippen LogP contribution in [0.1, 0.15) is 30.9 Å². The van der Waals surface area contributed by atoms with Crippen LogP contribution in [0.3, 0.4) is 0 Å². The van der Waals surface area contributed by atoms with E-state index in [1.807, 2.05) is 12.1 Å². The van der Waals surface area contributed by atoms with Crippen molar-refractivity contribution in [1.82, 2.24) is 0 Å². The first-order chi connectivity index (χ1) is 12.5. The van der Waals surface area contributed by atoms with Crippen molar-refractivity contribution in [2.24, 2.45) is 0 Å². The average Bonchev–Trinajstić information content (AvgIpc) is 2.64. The van der Waals surface area contributed by atoms with Crippen molar-refractivity contribution in [3.63, 3.8) is 0 Å². The van der Waals surface area contributed by atoms with Gasteiger partial charge in [0.25, 0.3) is 0 Å². The molecule has 0 aliphatic carbocycles. The number of benzene rings is 2. The molecule has 2 rings (SSSR count). The molecule has 26 heavy (non-hydrogen) atoms. The normalized spacial score (nSPS) is 10.9. The highest BCUT2D eigenvalue weighted by Crippen LogP contribution is 2.28. The molecule has 2 aromatic rings. The van der Waals surface area contributed by atoms with E-state index >= 15 is 0 Å². The smallest absolute Gasteiger partial charge is 0.328 e. The third-order valence-electron chi connectivity index (χ3n) is 3.76. The fraction of sp³-hybridized carbons (Fsp3) is 0.286. The lowest BCUT2D eigenvalue weighted by molar-refractivity contribution is -0.131. The maximum Gasteiger partial charge on any atom is 0.328 e. The summed E-state index contributed by atoms with van der Waals surface area (Å²) in [5.74, 6) is 1.42. The average molecular weight is 356 g/mol. The number of carbonyl (C=O) groups is 1. The molecule has 5 nitrogen and oxygen atoms in total. The fourth-order valence-electron chi connectivity index (χ4n) is 2.33. The van der Waals surface area contributed by atoms with Crippen LogP contribution in [0.4, 0.5) is 0 Å². The summed E-state index contributed by atoms with van der Waals surface area (Å²) in [4.78, 5) is 10.6. The molecule has 5 heteroatoms. The highest BCUT2D eigenvalue weighted by Gasteiger charge is 2.05. The van der Waals surface area contributed by atoms with E-state index in [-0.39, 0.29) is 0 Å². The minimum atomic E-state index is -0.997. The van der Waals surface area contributed by atoms with Crippen LogP contribution in [0.25, 0.3) is 6.08 Å². The Morgan fingerprint density at radius 2 is 1.73 bits per heavy atom. The molecule has 138 valence electrons. The van der Waals surface area contributed by atoms with Crippen LogP contribution in [0.15, 0.2) is 48.5 Å². The Morgan fingerprint density at radius 1 is 1.04 bits per heavy atom. The second kappa shape index (κ2) is 9.51. The van der Waals surface area contributed by atoms with Crippen LogP contribution in [0.5, 0.6) is 17.2 Å². The molecule has 1 N–H and O–H groups in total. The number of carboxylic acids is 1. The van der Waals surface area contributed by atoms with E-state index in [9.17, 15) is 4.79 Å². The van der Waals surface area contributed by atoms with Crippen molar-refractivity contribution in [3.8, 4) is 17.2 Å². The number of rotatable bonds is 9. The summed E-state index contributed by atoms with van der Waals surface area (Å²) >= 11 is 0. The van der Waals surface area contributed by atoms with Gasteiger partial charge in [-0.2, -0.15) is 0 Å². The van der Waals surface area contributed by atoms with Gasteiger partial charge in [0.2, 0.25) is 0 Å². The minimum absolute atomic E-state index is 0.368. The van der Waals surface area contributed by atoms with E-state index in [1.165, 1.54) is 11.6 Å². The van der Waals surface area contributed by atoms with Crippen molar-refractivity contribution in [2.75, 3.05) is 20.3 Å². The largest absolute Gasteiger partial charge is 0.493 e. The molecule has 0 aliphatic rings. The van der Waals surface area contributed by atoms with Crippen molar-refractivity contribution in [2.45, 2.75) is 19.8 Å². The van der Waals surface area contributed by atoms with E-state index in [2.05, 4.69) is 26.0 Å². The Hall–Kier alpha value is -2.95. The lowest BCUT2D eigenvalue weighted by atomic mass is 10.0. The van der Waals surface area contributed by atoms with Crippen LogP contribution >= 0.6 is 0 Å². The molecular weight excluding hydrogens is 332 g/mol. The monoisotopic (exact) mass is 356 g/mol. The zero-order chi connectivity index (χ0) is 18.9. The first-order valence-corrected chi connectivity index (χ1v) is 8.44. The zero-order valence-electron chi connectivity index (χ0n) is 15.3. The molecule has 0 aromatic heterocycles. The summed E-state index contributed by atoms with van der Waals surface area (Å²) in [6, 6.07) is 13.3. The number of methoxy groups -OCH3 is 1. The van der Waals surface area contributed by atoms with E-state index in [4.69, 9.17) is 19.3 Å². The predicted octanol–water partition coefficient (Wildman–Crippen LogP) is 4.37. The van der Waals surface area contributed by atoms with Gasteiger partial charge in [-0.25, -0.2) is 4.79 Å². The fourth-order valence-corrected chi connectivity index (χ4v) is 2.33. The maximum atomic E-state index is 10.6. The number of hydrogen-bond acceptors (Lipinski definition) is 4. The van der Waals surface area contributed by atoms with Crippen LogP contribution in [0, 0.1) is 0 Å². The molecule has 0 radical (unpaired) electrons. The molecular formula is C21H24O5. The van der Waals surface area contributed by atoms with Gasteiger partial charge in [-0.3, -0.25) is 0 Å². The molecule has 0 aliphatic heterocycles. The molecule has 0 saturated heterocycles. The summed E-state index contributed by atoms with van der Waals surface area (Å²) in [5, 5.41) is 8.68. The first kappa shape index (κ1) is 19.4. The summed E-state index contributed by atoms with van der Waals surface area (Å²) in [7, 11) is 1.54. The van der Waals surface area contributed by atoms with Gasteiger partial charge in [0.1, 0.15) is 19.0 Å². The molecule has 0 heterocycles. The third-order valence-corrected chi connectivity index (χ3v) is 3.76. The molecule has 0 amide bonds. The predicted molar refractivity (Wildman–Crippen MR) is 101 cm³/mol. The molecule has 0 fully saturated rings. The Labute approximate surface area is 153 Å². The third kappa shape index (κ3) is 5.84.